The van der Waals surface area contributed by atoms with E-state index < -0.39 is 0 Å². The second-order valence-electron chi connectivity index (χ2n) is 17.0. The van der Waals surface area contributed by atoms with Crippen LogP contribution >= 0.6 is 0 Å². The smallest absolute Gasteiger partial charge is 0.221 e. The molecule has 0 aliphatic carbocycles. The van der Waals surface area contributed by atoms with Crippen LogP contribution in [-0.4, -0.2) is 249 Å². The molecule has 0 fully saturated rings. The second-order valence-corrected chi connectivity index (χ2v) is 17.0. The SMILES string of the molecule is NCCNC(=O)CCN(CCNC(=O)CCN(CCC(=O)NCCN(CCC(=O)NCCN)CCC(=O)NCCN)CCC(=O)NCCN(CCC(=O)NCCN)CCC(=O)NCCN)CCC(=O)NCCN. The van der Waals surface area contributed by atoms with E-state index in [0.717, 1.165) is 0 Å². The van der Waals surface area contributed by atoms with Crippen LogP contribution in [0.5, 0.6) is 0 Å². The van der Waals surface area contributed by atoms with Crippen LogP contribution in [0, 0.1) is 0 Å². The van der Waals surface area contributed by atoms with Crippen molar-refractivity contribution in [2.24, 2.45) is 34.4 Å². The van der Waals surface area contributed by atoms with Crippen LogP contribution in [0.2, 0.25) is 0 Å². The fourth-order valence-corrected chi connectivity index (χ4v) is 6.80. The van der Waals surface area contributed by atoms with Gasteiger partial charge in [0.2, 0.25) is 53.2 Å². The van der Waals surface area contributed by atoms with Gasteiger partial charge < -0.3 is 102 Å². The molecule has 0 saturated carbocycles. The van der Waals surface area contributed by atoms with Gasteiger partial charge in [-0.3, -0.25) is 43.2 Å². The summed E-state index contributed by atoms with van der Waals surface area (Å²) in [6.45, 7) is 8.44. The molecule has 0 aromatic carbocycles. The number of nitrogens with two attached hydrogens (primary N) is 6. The summed E-state index contributed by atoms with van der Waals surface area (Å²) >= 11 is 0. The van der Waals surface area contributed by atoms with E-state index in [4.69, 9.17) is 34.4 Å². The third kappa shape index (κ3) is 41.9. The summed E-state index contributed by atoms with van der Waals surface area (Å²) in [5.74, 6) is -1.92. The van der Waals surface area contributed by atoms with Crippen molar-refractivity contribution in [2.75, 3.05) is 177 Å². The summed E-state index contributed by atoms with van der Waals surface area (Å²) in [5.41, 5.74) is 33.0. The number of nitrogens with one attached hydrogen (secondary N) is 9. The third-order valence-electron chi connectivity index (χ3n) is 10.9. The average Bonchev–Trinajstić information content (AvgIpc) is 3.38. The molecule has 422 valence electrons. The molecule has 0 aromatic heterocycles. The fourth-order valence-electron chi connectivity index (χ4n) is 6.80. The highest BCUT2D eigenvalue weighted by Gasteiger charge is 2.17. The lowest BCUT2D eigenvalue weighted by atomic mass is 10.2. The molecule has 0 unspecified atom stereocenters. The molecule has 0 rings (SSSR count). The van der Waals surface area contributed by atoms with E-state index in [2.05, 4.69) is 47.9 Å². The third-order valence-corrected chi connectivity index (χ3v) is 10.9. The topological polar surface area (TPSA) is 431 Å². The van der Waals surface area contributed by atoms with Crippen LogP contribution in [0.1, 0.15) is 57.8 Å². The Morgan fingerprint density at radius 3 is 0.466 bits per heavy atom. The van der Waals surface area contributed by atoms with Crippen LogP contribution < -0.4 is 82.3 Å². The van der Waals surface area contributed by atoms with Gasteiger partial charge >= 0.3 is 0 Å². The summed E-state index contributed by atoms with van der Waals surface area (Å²) in [5, 5.41) is 25.0. The number of carbonyl (C=O) groups excluding carboxylic acids is 9. The van der Waals surface area contributed by atoms with Crippen LogP contribution in [-0.2, 0) is 43.2 Å². The molecule has 0 spiro atoms. The zero-order valence-electron chi connectivity index (χ0n) is 43.4. The number of hydrogen-bond donors (Lipinski definition) is 15. The highest BCUT2D eigenvalue weighted by Crippen LogP contribution is 2.02. The minimum absolute atomic E-state index is 0.0472. The summed E-state index contributed by atoms with van der Waals surface area (Å²) in [4.78, 5) is 121. The Bertz CT molecular complexity index is 1320. The highest BCUT2D eigenvalue weighted by molar-refractivity contribution is 5.79. The average molecular weight is 1040 g/mol. The zero-order chi connectivity index (χ0) is 54.3. The largest absolute Gasteiger partial charge is 0.355 e. The minimum atomic E-state index is -0.276. The lowest BCUT2D eigenvalue weighted by Gasteiger charge is -2.24. The number of amides is 9. The first-order valence-electron chi connectivity index (χ1n) is 25.7. The number of nitrogens with zero attached hydrogens (tertiary/aromatic N) is 4. The van der Waals surface area contributed by atoms with Gasteiger partial charge in [0.1, 0.15) is 0 Å². The van der Waals surface area contributed by atoms with E-state index in [9.17, 15) is 43.2 Å². The Labute approximate surface area is 431 Å². The number of carbonyl (C=O) groups is 9. The lowest BCUT2D eigenvalue weighted by Crippen LogP contribution is -2.42. The first-order valence-corrected chi connectivity index (χ1v) is 25.7. The number of rotatable bonds is 48. The monoisotopic (exact) mass is 1040 g/mol. The molecule has 21 N–H and O–H groups in total. The van der Waals surface area contributed by atoms with E-state index in [0.29, 0.717) is 137 Å². The Hall–Kier alpha value is -5.17. The predicted molar refractivity (Wildman–Crippen MR) is 279 cm³/mol. The molecule has 9 amide bonds. The lowest BCUT2D eigenvalue weighted by molar-refractivity contribution is -0.124. The zero-order valence-corrected chi connectivity index (χ0v) is 43.4. The molecule has 0 saturated heterocycles. The van der Waals surface area contributed by atoms with Gasteiger partial charge in [0.25, 0.3) is 0 Å². The normalized spacial score (nSPS) is 11.1. The Balaban J connectivity index is 5.73. The van der Waals surface area contributed by atoms with E-state index in [-0.39, 0.29) is 150 Å². The predicted octanol–water partition coefficient (Wildman–Crippen LogP) is -8.50. The van der Waals surface area contributed by atoms with Crippen molar-refractivity contribution in [3.05, 3.63) is 0 Å². The molecular weight excluding hydrogens is 951 g/mol. The Morgan fingerprint density at radius 2 is 0.329 bits per heavy atom. The van der Waals surface area contributed by atoms with E-state index in [1.165, 1.54) is 0 Å². The van der Waals surface area contributed by atoms with Crippen LogP contribution in [0.15, 0.2) is 0 Å². The van der Waals surface area contributed by atoms with Crippen molar-refractivity contribution in [2.45, 2.75) is 57.8 Å². The van der Waals surface area contributed by atoms with Crippen molar-refractivity contribution in [3.63, 3.8) is 0 Å². The first kappa shape index (κ1) is 67.8. The minimum Gasteiger partial charge on any atom is -0.355 e. The Kier molecular flexibility index (Phi) is 43.3. The van der Waals surface area contributed by atoms with Crippen LogP contribution in [0.4, 0.5) is 0 Å². The van der Waals surface area contributed by atoms with Crippen molar-refractivity contribution in [1.82, 2.24) is 67.5 Å². The van der Waals surface area contributed by atoms with Gasteiger partial charge in [-0.2, -0.15) is 0 Å². The van der Waals surface area contributed by atoms with Gasteiger partial charge in [0.15, 0.2) is 0 Å². The van der Waals surface area contributed by atoms with Gasteiger partial charge in [-0.1, -0.05) is 0 Å². The van der Waals surface area contributed by atoms with E-state index in [1.54, 1.807) is 0 Å². The van der Waals surface area contributed by atoms with Crippen LogP contribution in [0.25, 0.3) is 0 Å². The van der Waals surface area contributed by atoms with Crippen molar-refractivity contribution < 1.29 is 43.2 Å². The van der Waals surface area contributed by atoms with Gasteiger partial charge in [0, 0.05) is 234 Å². The standard InChI is InChI=1S/C45H93N19O9/c46-10-16-52-37(65)4-28-62(29-5-38(66)53-17-11-47)34-22-58-43(71)1-25-61(26-2-44(72)59-23-35-63(30-6-39(67)54-18-12-48)31-7-40(68)55-19-13-49)27-3-45(73)60-24-36-64(32-8-41(69)56-20-14-50)33-9-42(70)57-21-15-51/h1-36,46-51H2,(H,52,65)(H,53,66)(H,54,67)(H,55,68)(H,56,69)(H,57,70)(H,58,71)(H,59,72)(H,60,73). The summed E-state index contributed by atoms with van der Waals surface area (Å²) < 4.78 is 0. The maximum Gasteiger partial charge on any atom is 0.221 e. The molecule has 0 aliphatic rings. The molecule has 0 radical (unpaired) electrons. The molecular formula is C45H93N19O9. The quantitative estimate of drug-likeness (QED) is 0.0269. The van der Waals surface area contributed by atoms with Gasteiger partial charge in [-0.25, -0.2) is 0 Å². The molecule has 0 atom stereocenters. The summed E-state index contributed by atoms with van der Waals surface area (Å²) in [6, 6.07) is 0. The number of hydrogen-bond acceptors (Lipinski definition) is 19. The molecule has 28 nitrogen and oxygen atoms in total. The summed E-state index contributed by atoms with van der Waals surface area (Å²) in [7, 11) is 0. The van der Waals surface area contributed by atoms with Gasteiger partial charge in [-0.15, -0.1) is 0 Å². The highest BCUT2D eigenvalue weighted by atomic mass is 16.2. The maximum atomic E-state index is 13.2. The fraction of sp³-hybridized carbons (Fsp3) is 0.800. The molecule has 0 bridgehead atoms. The van der Waals surface area contributed by atoms with Crippen LogP contribution in [0.3, 0.4) is 0 Å². The molecule has 0 aromatic rings. The van der Waals surface area contributed by atoms with Crippen molar-refractivity contribution in [1.29, 1.82) is 0 Å². The van der Waals surface area contributed by atoms with Crippen molar-refractivity contribution in [3.8, 4) is 0 Å². The maximum absolute atomic E-state index is 13.2. The summed E-state index contributed by atoms with van der Waals surface area (Å²) in [6.07, 6.45) is 1.20. The Morgan fingerprint density at radius 1 is 0.205 bits per heavy atom. The molecule has 28 heteroatoms. The van der Waals surface area contributed by atoms with Gasteiger partial charge in [-0.05, 0) is 0 Å². The molecule has 73 heavy (non-hydrogen) atoms. The van der Waals surface area contributed by atoms with E-state index >= 15 is 0 Å². The van der Waals surface area contributed by atoms with Gasteiger partial charge in [0.05, 0.1) is 0 Å². The molecule has 0 aliphatic heterocycles. The second kappa shape index (κ2) is 46.6. The first-order chi connectivity index (χ1) is 35.2. The molecule has 0 heterocycles. The van der Waals surface area contributed by atoms with E-state index in [1.807, 2.05) is 19.6 Å². The van der Waals surface area contributed by atoms with Crippen molar-refractivity contribution >= 4 is 53.2 Å².